The number of benzene rings is 1. The Labute approximate surface area is 125 Å². The van der Waals surface area contributed by atoms with Crippen LogP contribution in [0.3, 0.4) is 0 Å². The highest BCUT2D eigenvalue weighted by atomic mass is 16.2. The predicted octanol–water partition coefficient (Wildman–Crippen LogP) is 1.08. The van der Waals surface area contributed by atoms with Gasteiger partial charge < -0.3 is 15.5 Å². The number of carbonyl (C=O) groups is 2. The van der Waals surface area contributed by atoms with Gasteiger partial charge in [-0.05, 0) is 43.4 Å². The van der Waals surface area contributed by atoms with Crippen molar-refractivity contribution in [2.45, 2.75) is 25.7 Å². The molecule has 0 spiro atoms. The number of anilines is 1. The van der Waals surface area contributed by atoms with E-state index in [1.807, 2.05) is 0 Å². The minimum absolute atomic E-state index is 0.514. The second kappa shape index (κ2) is 7.67. The van der Waals surface area contributed by atoms with Crippen molar-refractivity contribution >= 4 is 17.5 Å². The maximum atomic E-state index is 11.2. The molecule has 2 amide bonds. The first-order valence-electron chi connectivity index (χ1n) is 7.54. The van der Waals surface area contributed by atoms with Gasteiger partial charge >= 0.3 is 11.8 Å². The molecule has 1 aliphatic rings. The quantitative estimate of drug-likeness (QED) is 0.630. The van der Waals surface area contributed by atoms with Crippen LogP contribution in [0.2, 0.25) is 0 Å². The van der Waals surface area contributed by atoms with Crippen LogP contribution in [-0.2, 0) is 16.0 Å². The summed E-state index contributed by atoms with van der Waals surface area (Å²) in [6.45, 7) is 2.83. The number of nitrogens with one attached hydrogen (secondary N) is 2. The molecule has 21 heavy (non-hydrogen) atoms. The van der Waals surface area contributed by atoms with Crippen molar-refractivity contribution in [3.05, 3.63) is 29.8 Å². The lowest BCUT2D eigenvalue weighted by Crippen LogP contribution is -2.38. The summed E-state index contributed by atoms with van der Waals surface area (Å²) in [6, 6.07) is 8.63. The number of aryl methyl sites for hydroxylation is 1. The zero-order chi connectivity index (χ0) is 15.1. The van der Waals surface area contributed by atoms with Crippen molar-refractivity contribution in [1.82, 2.24) is 10.6 Å². The summed E-state index contributed by atoms with van der Waals surface area (Å²) in [5.74, 6) is -1.16. The van der Waals surface area contributed by atoms with Crippen LogP contribution >= 0.6 is 0 Å². The summed E-state index contributed by atoms with van der Waals surface area (Å²) in [5.41, 5.74) is 2.55. The Kier molecular flexibility index (Phi) is 5.60. The van der Waals surface area contributed by atoms with Gasteiger partial charge in [0.1, 0.15) is 0 Å². The van der Waals surface area contributed by atoms with Crippen LogP contribution in [0.15, 0.2) is 24.3 Å². The minimum Gasteiger partial charge on any atom is -0.372 e. The van der Waals surface area contributed by atoms with Gasteiger partial charge in [0.2, 0.25) is 0 Å². The number of amides is 2. The van der Waals surface area contributed by atoms with Gasteiger partial charge in [0.25, 0.3) is 0 Å². The summed E-state index contributed by atoms with van der Waals surface area (Å²) in [7, 11) is 1.45. The van der Waals surface area contributed by atoms with Crippen molar-refractivity contribution in [3.63, 3.8) is 0 Å². The first kappa shape index (κ1) is 15.4. The average Bonchev–Trinajstić information content (AvgIpc) is 3.05. The highest BCUT2D eigenvalue weighted by Gasteiger charge is 2.12. The molecule has 0 radical (unpaired) electrons. The fourth-order valence-corrected chi connectivity index (χ4v) is 2.54. The molecule has 0 aliphatic carbocycles. The zero-order valence-electron chi connectivity index (χ0n) is 12.5. The molecule has 2 N–H and O–H groups in total. The smallest absolute Gasteiger partial charge is 0.309 e. The molecule has 1 aromatic rings. The van der Waals surface area contributed by atoms with Gasteiger partial charge in [-0.25, -0.2) is 0 Å². The van der Waals surface area contributed by atoms with Crippen LogP contribution < -0.4 is 15.5 Å². The van der Waals surface area contributed by atoms with E-state index in [0.717, 1.165) is 25.9 Å². The molecule has 1 heterocycles. The van der Waals surface area contributed by atoms with Gasteiger partial charge in [0, 0.05) is 32.4 Å². The van der Waals surface area contributed by atoms with Gasteiger partial charge in [-0.3, -0.25) is 9.59 Å². The van der Waals surface area contributed by atoms with E-state index in [4.69, 9.17) is 0 Å². The Morgan fingerprint density at radius 3 is 2.38 bits per heavy atom. The molecule has 1 aliphatic heterocycles. The lowest BCUT2D eigenvalue weighted by atomic mass is 10.1. The summed E-state index contributed by atoms with van der Waals surface area (Å²) in [4.78, 5) is 24.7. The molecule has 0 unspecified atom stereocenters. The molecule has 1 saturated heterocycles. The first-order valence-corrected chi connectivity index (χ1v) is 7.54. The summed E-state index contributed by atoms with van der Waals surface area (Å²) < 4.78 is 0. The molecule has 2 rings (SSSR count). The maximum Gasteiger partial charge on any atom is 0.309 e. The largest absolute Gasteiger partial charge is 0.372 e. The molecule has 0 aromatic heterocycles. The van der Waals surface area contributed by atoms with Crippen molar-refractivity contribution < 1.29 is 9.59 Å². The average molecular weight is 289 g/mol. The van der Waals surface area contributed by atoms with Gasteiger partial charge in [0.05, 0.1) is 0 Å². The van der Waals surface area contributed by atoms with E-state index in [1.54, 1.807) is 0 Å². The molecule has 5 nitrogen and oxygen atoms in total. The molecule has 5 heteroatoms. The van der Waals surface area contributed by atoms with Gasteiger partial charge in [0.15, 0.2) is 0 Å². The Morgan fingerprint density at radius 1 is 1.10 bits per heavy atom. The molecular weight excluding hydrogens is 266 g/mol. The van der Waals surface area contributed by atoms with E-state index >= 15 is 0 Å². The van der Waals surface area contributed by atoms with Gasteiger partial charge in [-0.1, -0.05) is 12.1 Å². The third kappa shape index (κ3) is 4.48. The fourth-order valence-electron chi connectivity index (χ4n) is 2.54. The van der Waals surface area contributed by atoms with E-state index < -0.39 is 11.8 Å². The minimum atomic E-state index is -0.593. The number of hydrogen-bond donors (Lipinski definition) is 2. The van der Waals surface area contributed by atoms with Crippen LogP contribution in [0.4, 0.5) is 5.69 Å². The fraction of sp³-hybridized carbons (Fsp3) is 0.500. The summed E-state index contributed by atoms with van der Waals surface area (Å²) in [6.07, 6.45) is 4.29. The van der Waals surface area contributed by atoms with Crippen molar-refractivity contribution in [3.8, 4) is 0 Å². The maximum absolute atomic E-state index is 11.2. The van der Waals surface area contributed by atoms with Crippen LogP contribution in [-0.4, -0.2) is 38.5 Å². The lowest BCUT2D eigenvalue weighted by molar-refractivity contribution is -0.138. The van der Waals surface area contributed by atoms with Crippen molar-refractivity contribution in [2.75, 3.05) is 31.6 Å². The summed E-state index contributed by atoms with van der Waals surface area (Å²) >= 11 is 0. The Bertz CT molecular complexity index is 479. The van der Waals surface area contributed by atoms with Crippen LogP contribution in [0, 0.1) is 0 Å². The van der Waals surface area contributed by atoms with Crippen LogP contribution in [0.25, 0.3) is 0 Å². The lowest BCUT2D eigenvalue weighted by Gasteiger charge is -2.17. The van der Waals surface area contributed by atoms with Crippen LogP contribution in [0.5, 0.6) is 0 Å². The summed E-state index contributed by atoms with van der Waals surface area (Å²) in [5, 5.41) is 4.90. The van der Waals surface area contributed by atoms with E-state index in [2.05, 4.69) is 39.8 Å². The van der Waals surface area contributed by atoms with E-state index in [9.17, 15) is 9.59 Å². The second-order valence-corrected chi connectivity index (χ2v) is 5.30. The predicted molar refractivity (Wildman–Crippen MR) is 83.3 cm³/mol. The molecule has 0 saturated carbocycles. The van der Waals surface area contributed by atoms with Crippen molar-refractivity contribution in [1.29, 1.82) is 0 Å². The topological polar surface area (TPSA) is 61.4 Å². The highest BCUT2D eigenvalue weighted by Crippen LogP contribution is 2.20. The molecule has 0 bridgehead atoms. The first-order chi connectivity index (χ1) is 10.2. The normalized spacial score (nSPS) is 14.0. The van der Waals surface area contributed by atoms with Gasteiger partial charge in [-0.2, -0.15) is 0 Å². The molecule has 1 fully saturated rings. The van der Waals surface area contributed by atoms with Gasteiger partial charge in [-0.15, -0.1) is 0 Å². The SMILES string of the molecule is CNC(=O)C(=O)NCCCc1ccc(N2CCCC2)cc1. The van der Waals surface area contributed by atoms with E-state index in [0.29, 0.717) is 6.54 Å². The van der Waals surface area contributed by atoms with E-state index in [-0.39, 0.29) is 0 Å². The monoisotopic (exact) mass is 289 g/mol. The Morgan fingerprint density at radius 2 is 1.76 bits per heavy atom. The number of hydrogen-bond acceptors (Lipinski definition) is 3. The zero-order valence-corrected chi connectivity index (χ0v) is 12.5. The third-order valence-corrected chi connectivity index (χ3v) is 3.77. The number of likely N-dealkylation sites (N-methyl/N-ethyl adjacent to an activating group) is 1. The van der Waals surface area contributed by atoms with Crippen LogP contribution in [0.1, 0.15) is 24.8 Å². The Hall–Kier alpha value is -2.04. The Balaban J connectivity index is 1.71. The number of carbonyl (C=O) groups excluding carboxylic acids is 2. The third-order valence-electron chi connectivity index (χ3n) is 3.77. The molecular formula is C16H23N3O2. The highest BCUT2D eigenvalue weighted by molar-refractivity contribution is 6.34. The van der Waals surface area contributed by atoms with E-state index in [1.165, 1.54) is 31.1 Å². The standard InChI is InChI=1S/C16H23N3O2/c1-17-15(20)16(21)18-10-4-5-13-6-8-14(9-7-13)19-11-2-3-12-19/h6-9H,2-5,10-12H2,1H3,(H,17,20)(H,18,21). The van der Waals surface area contributed by atoms with Crippen molar-refractivity contribution in [2.24, 2.45) is 0 Å². The molecule has 1 aromatic carbocycles. The number of nitrogens with zero attached hydrogens (tertiary/aromatic N) is 1. The second-order valence-electron chi connectivity index (χ2n) is 5.30. The number of rotatable bonds is 5. The molecule has 0 atom stereocenters. The molecule has 114 valence electrons.